The third kappa shape index (κ3) is 2.56. The van der Waals surface area contributed by atoms with Gasteiger partial charge in [0.05, 0.1) is 0 Å². The summed E-state index contributed by atoms with van der Waals surface area (Å²) < 4.78 is 0. The molecule has 14 heavy (non-hydrogen) atoms. The second-order valence-electron chi connectivity index (χ2n) is 2.99. The first kappa shape index (κ1) is 10.7. The number of hydrazine groups is 1. The molecule has 0 amide bonds. The summed E-state index contributed by atoms with van der Waals surface area (Å²) in [6.07, 6.45) is 2.62. The van der Waals surface area contributed by atoms with Gasteiger partial charge in [0, 0.05) is 19.2 Å². The van der Waals surface area contributed by atoms with Gasteiger partial charge in [-0.05, 0) is 13.3 Å². The van der Waals surface area contributed by atoms with Crippen molar-refractivity contribution in [3.8, 4) is 0 Å². The summed E-state index contributed by atoms with van der Waals surface area (Å²) in [5, 5.41) is 0. The Morgan fingerprint density at radius 1 is 1.43 bits per heavy atom. The predicted octanol–water partition coefficient (Wildman–Crippen LogP) is 0.998. The smallest absolute Gasteiger partial charge is 0.145 e. The molecular weight excluding hydrogens is 178 g/mol. The minimum Gasteiger partial charge on any atom is -0.357 e. The van der Waals surface area contributed by atoms with Gasteiger partial charge in [0.15, 0.2) is 0 Å². The molecule has 1 aromatic rings. The Hall–Kier alpha value is -1.36. The van der Waals surface area contributed by atoms with E-state index in [9.17, 15) is 0 Å². The highest BCUT2D eigenvalue weighted by atomic mass is 15.3. The molecule has 0 radical (unpaired) electrons. The van der Waals surface area contributed by atoms with Crippen LogP contribution in [0.25, 0.3) is 0 Å². The Bertz CT molecular complexity index is 276. The fourth-order valence-electron chi connectivity index (χ4n) is 1.30. The summed E-state index contributed by atoms with van der Waals surface area (Å²) in [7, 11) is 0. The molecule has 5 nitrogen and oxygen atoms in total. The van der Waals surface area contributed by atoms with Gasteiger partial charge in [-0.2, -0.15) is 0 Å². The summed E-state index contributed by atoms with van der Waals surface area (Å²) in [5.41, 5.74) is 2.51. The average molecular weight is 195 g/mol. The summed E-state index contributed by atoms with van der Waals surface area (Å²) >= 11 is 0. The van der Waals surface area contributed by atoms with Gasteiger partial charge in [0.1, 0.15) is 18.0 Å². The first-order valence-corrected chi connectivity index (χ1v) is 4.85. The molecule has 3 N–H and O–H groups in total. The Morgan fingerprint density at radius 3 is 2.79 bits per heavy atom. The zero-order valence-corrected chi connectivity index (χ0v) is 8.70. The normalized spacial score (nSPS) is 9.93. The third-order valence-corrected chi connectivity index (χ3v) is 2.00. The highest BCUT2D eigenvalue weighted by Crippen LogP contribution is 2.13. The lowest BCUT2D eigenvalue weighted by atomic mass is 10.4. The van der Waals surface area contributed by atoms with Gasteiger partial charge in [-0.1, -0.05) is 6.92 Å². The van der Waals surface area contributed by atoms with Gasteiger partial charge in [-0.15, -0.1) is 0 Å². The molecule has 1 heterocycles. The molecule has 0 unspecified atom stereocenters. The molecule has 0 fully saturated rings. The number of aromatic nitrogens is 2. The Balaban J connectivity index is 2.80. The van der Waals surface area contributed by atoms with Crippen LogP contribution in [0.2, 0.25) is 0 Å². The lowest BCUT2D eigenvalue weighted by Gasteiger charge is -2.20. The van der Waals surface area contributed by atoms with E-state index in [0.717, 1.165) is 25.3 Å². The van der Waals surface area contributed by atoms with E-state index in [2.05, 4.69) is 34.1 Å². The number of nitrogens with one attached hydrogen (secondary N) is 1. The van der Waals surface area contributed by atoms with Gasteiger partial charge in [0.25, 0.3) is 0 Å². The quantitative estimate of drug-likeness (QED) is 0.542. The van der Waals surface area contributed by atoms with E-state index in [1.54, 1.807) is 0 Å². The summed E-state index contributed by atoms with van der Waals surface area (Å²) in [4.78, 5) is 10.3. The zero-order valence-electron chi connectivity index (χ0n) is 8.70. The van der Waals surface area contributed by atoms with Crippen molar-refractivity contribution < 1.29 is 0 Å². The Kier molecular flexibility index (Phi) is 4.12. The van der Waals surface area contributed by atoms with Crippen LogP contribution in [0.3, 0.4) is 0 Å². The second kappa shape index (κ2) is 5.39. The largest absolute Gasteiger partial charge is 0.357 e. The SMILES string of the molecule is CCCN(CC)c1cc(NN)ncn1. The van der Waals surface area contributed by atoms with Gasteiger partial charge >= 0.3 is 0 Å². The molecule has 0 saturated carbocycles. The van der Waals surface area contributed by atoms with E-state index < -0.39 is 0 Å². The van der Waals surface area contributed by atoms with Crippen molar-refractivity contribution in [3.05, 3.63) is 12.4 Å². The molecule has 0 saturated heterocycles. The molecule has 0 aliphatic rings. The number of nitrogens with zero attached hydrogens (tertiary/aromatic N) is 3. The van der Waals surface area contributed by atoms with E-state index in [-0.39, 0.29) is 0 Å². The van der Waals surface area contributed by atoms with Crippen LogP contribution in [0.5, 0.6) is 0 Å². The van der Waals surface area contributed by atoms with E-state index in [4.69, 9.17) is 5.84 Å². The molecule has 1 aromatic heterocycles. The number of rotatable bonds is 5. The topological polar surface area (TPSA) is 67.1 Å². The number of nitrogens with two attached hydrogens (primary N) is 1. The van der Waals surface area contributed by atoms with Crippen LogP contribution < -0.4 is 16.2 Å². The van der Waals surface area contributed by atoms with Crippen molar-refractivity contribution in [1.29, 1.82) is 0 Å². The van der Waals surface area contributed by atoms with E-state index in [0.29, 0.717) is 5.82 Å². The Morgan fingerprint density at radius 2 is 2.21 bits per heavy atom. The van der Waals surface area contributed by atoms with Crippen LogP contribution >= 0.6 is 0 Å². The van der Waals surface area contributed by atoms with Gasteiger partial charge < -0.3 is 10.3 Å². The van der Waals surface area contributed by atoms with Crippen LogP contribution in [0.15, 0.2) is 12.4 Å². The van der Waals surface area contributed by atoms with Crippen LogP contribution in [0.1, 0.15) is 20.3 Å². The number of anilines is 2. The predicted molar refractivity (Wildman–Crippen MR) is 58.0 cm³/mol. The minimum atomic E-state index is 0.643. The molecule has 0 aromatic carbocycles. The average Bonchev–Trinajstić information content (AvgIpc) is 2.26. The van der Waals surface area contributed by atoms with E-state index >= 15 is 0 Å². The summed E-state index contributed by atoms with van der Waals surface area (Å²) in [5.74, 6) is 6.83. The van der Waals surface area contributed by atoms with Gasteiger partial charge in [0.2, 0.25) is 0 Å². The van der Waals surface area contributed by atoms with Crippen molar-refractivity contribution in [2.24, 2.45) is 5.84 Å². The van der Waals surface area contributed by atoms with E-state index in [1.807, 2.05) is 6.07 Å². The number of hydrogen-bond donors (Lipinski definition) is 2. The fraction of sp³-hybridized carbons (Fsp3) is 0.556. The summed E-state index contributed by atoms with van der Waals surface area (Å²) in [6, 6.07) is 1.85. The number of hydrogen-bond acceptors (Lipinski definition) is 5. The van der Waals surface area contributed by atoms with E-state index in [1.165, 1.54) is 6.33 Å². The molecule has 0 aliphatic heterocycles. The maximum Gasteiger partial charge on any atom is 0.145 e. The van der Waals surface area contributed by atoms with Gasteiger partial charge in [-0.25, -0.2) is 15.8 Å². The second-order valence-corrected chi connectivity index (χ2v) is 2.99. The fourth-order valence-corrected chi connectivity index (χ4v) is 1.30. The maximum atomic E-state index is 5.28. The monoisotopic (exact) mass is 195 g/mol. The maximum absolute atomic E-state index is 5.28. The van der Waals surface area contributed by atoms with Crippen molar-refractivity contribution in [3.63, 3.8) is 0 Å². The molecule has 78 valence electrons. The van der Waals surface area contributed by atoms with Crippen LogP contribution in [0.4, 0.5) is 11.6 Å². The van der Waals surface area contributed by atoms with Crippen LogP contribution in [0, 0.1) is 0 Å². The van der Waals surface area contributed by atoms with Crippen molar-refractivity contribution in [1.82, 2.24) is 9.97 Å². The van der Waals surface area contributed by atoms with Crippen molar-refractivity contribution in [2.45, 2.75) is 20.3 Å². The van der Waals surface area contributed by atoms with Crippen molar-refractivity contribution in [2.75, 3.05) is 23.4 Å². The molecule has 1 rings (SSSR count). The lowest BCUT2D eigenvalue weighted by Crippen LogP contribution is -2.24. The van der Waals surface area contributed by atoms with Gasteiger partial charge in [-0.3, -0.25) is 0 Å². The first-order chi connectivity index (χ1) is 6.81. The molecule has 0 atom stereocenters. The zero-order chi connectivity index (χ0) is 10.4. The minimum absolute atomic E-state index is 0.643. The highest BCUT2D eigenvalue weighted by Gasteiger charge is 2.04. The molecule has 5 heteroatoms. The molecule has 0 spiro atoms. The van der Waals surface area contributed by atoms with Crippen LogP contribution in [-0.2, 0) is 0 Å². The van der Waals surface area contributed by atoms with Crippen molar-refractivity contribution >= 4 is 11.6 Å². The highest BCUT2D eigenvalue weighted by molar-refractivity contribution is 5.47. The lowest BCUT2D eigenvalue weighted by molar-refractivity contribution is 0.776. The number of nitrogen functional groups attached to an aromatic ring is 1. The summed E-state index contributed by atoms with van der Waals surface area (Å²) in [6.45, 7) is 6.19. The molecular formula is C9H17N5. The Labute approximate surface area is 84.3 Å². The first-order valence-electron chi connectivity index (χ1n) is 4.85. The molecule has 0 bridgehead atoms. The molecule has 0 aliphatic carbocycles. The standard InChI is InChI=1S/C9H17N5/c1-3-5-14(4-2)9-6-8(13-10)11-7-12-9/h6-7H,3-5,10H2,1-2H3,(H,11,12,13). The third-order valence-electron chi connectivity index (χ3n) is 2.00. The van der Waals surface area contributed by atoms with Crippen LogP contribution in [-0.4, -0.2) is 23.1 Å².